The fourth-order valence-electron chi connectivity index (χ4n) is 3.56. The summed E-state index contributed by atoms with van der Waals surface area (Å²) in [6, 6.07) is 5.58. The van der Waals surface area contributed by atoms with Gasteiger partial charge in [-0.05, 0) is 41.1 Å². The molecule has 1 unspecified atom stereocenters. The van der Waals surface area contributed by atoms with E-state index in [0.717, 1.165) is 15.9 Å². The monoisotopic (exact) mass is 453 g/mol. The molecule has 1 amide bonds. The largest absolute Gasteiger partial charge is 0.397 e. The zero-order chi connectivity index (χ0) is 20.5. The lowest BCUT2D eigenvalue weighted by Gasteiger charge is -2.35. The lowest BCUT2D eigenvalue weighted by molar-refractivity contribution is 0.0637. The maximum absolute atomic E-state index is 13.1. The molecule has 148 valence electrons. The molecule has 4 rings (SSSR count). The first-order valence-electron chi connectivity index (χ1n) is 9.11. The molecule has 0 bridgehead atoms. The van der Waals surface area contributed by atoms with Crippen LogP contribution in [-0.2, 0) is 6.54 Å². The molecule has 0 saturated carbocycles. The Labute approximate surface area is 176 Å². The molecule has 4 heterocycles. The summed E-state index contributed by atoms with van der Waals surface area (Å²) in [5.74, 6) is -0.116. The summed E-state index contributed by atoms with van der Waals surface area (Å²) in [6.07, 6.45) is 8.27. The first kappa shape index (κ1) is 19.1. The number of fused-ring (bicyclic) bond motifs is 2. The van der Waals surface area contributed by atoms with Crippen LogP contribution < -0.4 is 5.73 Å². The molecule has 0 fully saturated rings. The summed E-state index contributed by atoms with van der Waals surface area (Å²) in [4.78, 5) is 23.2. The zero-order valence-electron chi connectivity index (χ0n) is 15.9. The van der Waals surface area contributed by atoms with Crippen LogP contribution in [0.1, 0.15) is 34.8 Å². The van der Waals surface area contributed by atoms with E-state index in [-0.39, 0.29) is 11.9 Å². The van der Waals surface area contributed by atoms with Crippen LogP contribution in [0, 0.1) is 0 Å². The van der Waals surface area contributed by atoms with Crippen molar-refractivity contribution in [3.8, 4) is 0 Å². The van der Waals surface area contributed by atoms with Crippen molar-refractivity contribution in [2.75, 3.05) is 6.54 Å². The standard InChI is InChI=1S/C20H20BrN7O/c1-3-23-7-6-15(22)18-5-4-17-13(2)26(8-9-27(17)18)20(29)16-10-19-24-11-14(21)12-28(19)25-16/h3-7,10-13H,1,8-9,22H2,2H3/b15-6-,23-7?. The topological polar surface area (TPSA) is 93.8 Å². The van der Waals surface area contributed by atoms with E-state index in [2.05, 4.69) is 42.2 Å². The minimum atomic E-state index is -0.116. The molecule has 3 aromatic heterocycles. The van der Waals surface area contributed by atoms with E-state index in [1.807, 2.05) is 24.0 Å². The van der Waals surface area contributed by atoms with Gasteiger partial charge < -0.3 is 15.2 Å². The third-order valence-electron chi connectivity index (χ3n) is 4.98. The van der Waals surface area contributed by atoms with E-state index < -0.39 is 0 Å². The van der Waals surface area contributed by atoms with Gasteiger partial charge in [0.1, 0.15) is 0 Å². The summed E-state index contributed by atoms with van der Waals surface area (Å²) in [5.41, 5.74) is 9.77. The van der Waals surface area contributed by atoms with Crippen molar-refractivity contribution < 1.29 is 4.79 Å². The molecule has 0 saturated heterocycles. The van der Waals surface area contributed by atoms with E-state index in [0.29, 0.717) is 30.1 Å². The van der Waals surface area contributed by atoms with E-state index >= 15 is 0 Å². The quantitative estimate of drug-likeness (QED) is 0.614. The van der Waals surface area contributed by atoms with Crippen molar-refractivity contribution in [2.45, 2.75) is 19.5 Å². The van der Waals surface area contributed by atoms with Gasteiger partial charge in [-0.3, -0.25) is 9.79 Å². The van der Waals surface area contributed by atoms with Gasteiger partial charge in [-0.15, -0.1) is 0 Å². The zero-order valence-corrected chi connectivity index (χ0v) is 17.5. The van der Waals surface area contributed by atoms with Crippen molar-refractivity contribution in [2.24, 2.45) is 10.7 Å². The number of allylic oxidation sites excluding steroid dienone is 1. The van der Waals surface area contributed by atoms with Gasteiger partial charge in [0.2, 0.25) is 0 Å². The molecule has 1 aliphatic rings. The van der Waals surface area contributed by atoms with Crippen LogP contribution in [0.3, 0.4) is 0 Å². The summed E-state index contributed by atoms with van der Waals surface area (Å²) in [5, 5.41) is 4.39. The van der Waals surface area contributed by atoms with Crippen LogP contribution in [0.15, 0.2) is 58.9 Å². The van der Waals surface area contributed by atoms with Crippen LogP contribution in [0.25, 0.3) is 11.3 Å². The molecule has 1 aliphatic heterocycles. The van der Waals surface area contributed by atoms with E-state index in [1.54, 1.807) is 35.3 Å². The van der Waals surface area contributed by atoms with E-state index in [9.17, 15) is 4.79 Å². The van der Waals surface area contributed by atoms with Gasteiger partial charge >= 0.3 is 0 Å². The molecule has 2 N–H and O–H groups in total. The SMILES string of the molecule is C=CN=C/C=C(\N)c1ccc2n1CCN(C(=O)c1cc3ncc(Br)cn3n1)C2C. The highest BCUT2D eigenvalue weighted by atomic mass is 79.9. The van der Waals surface area contributed by atoms with Crippen LogP contribution >= 0.6 is 15.9 Å². The number of hydrogen-bond acceptors (Lipinski definition) is 5. The lowest BCUT2D eigenvalue weighted by Crippen LogP contribution is -2.41. The third kappa shape index (κ3) is 3.49. The molecule has 0 aliphatic carbocycles. The number of hydrogen-bond donors (Lipinski definition) is 1. The van der Waals surface area contributed by atoms with Crippen molar-refractivity contribution in [3.05, 3.63) is 71.0 Å². The van der Waals surface area contributed by atoms with Crippen molar-refractivity contribution in [3.63, 3.8) is 0 Å². The molecule has 0 radical (unpaired) electrons. The van der Waals surface area contributed by atoms with Gasteiger partial charge in [-0.25, -0.2) is 9.50 Å². The Bertz CT molecular complexity index is 1160. The fourth-order valence-corrected chi connectivity index (χ4v) is 3.86. The van der Waals surface area contributed by atoms with Gasteiger partial charge in [0.25, 0.3) is 5.91 Å². The second-order valence-corrected chi connectivity index (χ2v) is 7.59. The highest BCUT2D eigenvalue weighted by molar-refractivity contribution is 9.10. The summed E-state index contributed by atoms with van der Waals surface area (Å²) >= 11 is 3.37. The molecule has 0 spiro atoms. The van der Waals surface area contributed by atoms with Crippen LogP contribution in [0.5, 0.6) is 0 Å². The summed E-state index contributed by atoms with van der Waals surface area (Å²) < 4.78 is 4.54. The number of halogens is 1. The Morgan fingerprint density at radius 2 is 2.24 bits per heavy atom. The summed E-state index contributed by atoms with van der Waals surface area (Å²) in [7, 11) is 0. The smallest absolute Gasteiger partial charge is 0.275 e. The van der Waals surface area contributed by atoms with E-state index in [1.165, 1.54) is 6.20 Å². The van der Waals surface area contributed by atoms with E-state index in [4.69, 9.17) is 5.73 Å². The molecule has 0 aromatic carbocycles. The Hall–Kier alpha value is -3.20. The summed E-state index contributed by atoms with van der Waals surface area (Å²) in [6.45, 7) is 6.77. The average molecular weight is 454 g/mol. The maximum atomic E-state index is 13.1. The number of nitrogens with two attached hydrogens (primary N) is 1. The second-order valence-electron chi connectivity index (χ2n) is 6.68. The number of carbonyl (C=O) groups is 1. The number of aliphatic imine (C=N–C) groups is 1. The van der Waals surface area contributed by atoms with Crippen LogP contribution in [0.2, 0.25) is 0 Å². The normalized spacial score (nSPS) is 17.1. The average Bonchev–Trinajstić information content (AvgIpc) is 3.32. The van der Waals surface area contributed by atoms with Gasteiger partial charge in [-0.1, -0.05) is 6.58 Å². The minimum Gasteiger partial charge on any atom is -0.397 e. The number of carbonyl (C=O) groups excluding carboxylic acids is 1. The van der Waals surface area contributed by atoms with Crippen molar-refractivity contribution in [1.29, 1.82) is 0 Å². The highest BCUT2D eigenvalue weighted by Gasteiger charge is 2.31. The van der Waals surface area contributed by atoms with Gasteiger partial charge in [0.05, 0.1) is 21.9 Å². The molecule has 9 heteroatoms. The Balaban J connectivity index is 1.61. The molecule has 1 atom stereocenters. The fraction of sp³-hybridized carbons (Fsp3) is 0.200. The third-order valence-corrected chi connectivity index (χ3v) is 5.39. The molecular weight excluding hydrogens is 434 g/mol. The molecular formula is C20H20BrN7O. The maximum Gasteiger partial charge on any atom is 0.275 e. The van der Waals surface area contributed by atoms with Gasteiger partial charge in [-0.2, -0.15) is 5.10 Å². The number of rotatable bonds is 4. The number of amides is 1. The lowest BCUT2D eigenvalue weighted by atomic mass is 10.1. The second kappa shape index (κ2) is 7.67. The van der Waals surface area contributed by atoms with Crippen LogP contribution in [-0.4, -0.2) is 42.7 Å². The molecule has 3 aromatic rings. The Morgan fingerprint density at radius 3 is 3.03 bits per heavy atom. The highest BCUT2D eigenvalue weighted by Crippen LogP contribution is 2.30. The predicted octanol–water partition coefficient (Wildman–Crippen LogP) is 3.02. The van der Waals surface area contributed by atoms with Crippen molar-refractivity contribution >= 4 is 39.4 Å². The number of nitrogens with zero attached hydrogens (tertiary/aromatic N) is 6. The molecule has 29 heavy (non-hydrogen) atoms. The molecule has 8 nitrogen and oxygen atoms in total. The first-order chi connectivity index (χ1) is 14.0. The Morgan fingerprint density at radius 1 is 1.41 bits per heavy atom. The predicted molar refractivity (Wildman–Crippen MR) is 115 cm³/mol. The minimum absolute atomic E-state index is 0.107. The van der Waals surface area contributed by atoms with Gasteiger partial charge in [0, 0.05) is 49.7 Å². The van der Waals surface area contributed by atoms with Crippen molar-refractivity contribution in [1.82, 2.24) is 24.1 Å². The number of aromatic nitrogens is 4. The van der Waals surface area contributed by atoms with Crippen LogP contribution in [0.4, 0.5) is 0 Å². The first-order valence-corrected chi connectivity index (χ1v) is 9.90. The Kier molecular flexibility index (Phi) is 5.06. The van der Waals surface area contributed by atoms with Gasteiger partial charge in [0.15, 0.2) is 11.3 Å².